The molecule has 0 aliphatic rings. The van der Waals surface area contributed by atoms with Gasteiger partial charge in [-0.2, -0.15) is 0 Å². The predicted octanol–water partition coefficient (Wildman–Crippen LogP) is 4.25. The summed E-state index contributed by atoms with van der Waals surface area (Å²) in [6, 6.07) is 0. The molecule has 0 aliphatic carbocycles. The van der Waals surface area contributed by atoms with Gasteiger partial charge in [0.2, 0.25) is 6.33 Å². The Labute approximate surface area is 136 Å². The van der Waals surface area contributed by atoms with Crippen molar-refractivity contribution in [1.82, 2.24) is 4.57 Å². The lowest BCUT2D eigenvalue weighted by atomic mass is 10.1. The lowest BCUT2D eigenvalue weighted by Crippen LogP contribution is -2.30. The predicted molar refractivity (Wildman–Crippen MR) is 90.4 cm³/mol. The first-order valence-corrected chi connectivity index (χ1v) is 8.67. The van der Waals surface area contributed by atoms with Gasteiger partial charge in [-0.15, -0.1) is 0 Å². The van der Waals surface area contributed by atoms with Crippen molar-refractivity contribution in [2.45, 2.75) is 77.7 Å². The van der Waals surface area contributed by atoms with E-state index in [4.69, 9.17) is 5.26 Å². The monoisotopic (exact) mass is 309 g/mol. The Morgan fingerprint density at radius 3 is 1.90 bits per heavy atom. The molecular formula is C17H31N3S. The third-order valence-corrected chi connectivity index (χ3v) is 3.59. The maximum Gasteiger partial charge on any atom is 0.243 e. The van der Waals surface area contributed by atoms with Crippen molar-refractivity contribution in [3.05, 3.63) is 18.7 Å². The molecule has 1 aromatic heterocycles. The zero-order chi connectivity index (χ0) is 15.8. The van der Waals surface area contributed by atoms with Crippen LogP contribution in [0.5, 0.6) is 0 Å². The maximum absolute atomic E-state index is 7.13. The third kappa shape index (κ3) is 13.7. The van der Waals surface area contributed by atoms with Crippen molar-refractivity contribution < 1.29 is 4.57 Å². The highest BCUT2D eigenvalue weighted by atomic mass is 32.1. The summed E-state index contributed by atoms with van der Waals surface area (Å²) in [6.07, 6.45) is 20.6. The Morgan fingerprint density at radius 2 is 1.48 bits per heavy atom. The van der Waals surface area contributed by atoms with Crippen molar-refractivity contribution in [3.8, 4) is 5.40 Å². The SMILES string of the molecule is CCCCCCCCCCCC[n+]1ccn(C)c1.N#C[S-]. The Hall–Kier alpha value is -1.08. The number of aromatic nitrogens is 2. The van der Waals surface area contributed by atoms with Crippen molar-refractivity contribution in [2.75, 3.05) is 0 Å². The van der Waals surface area contributed by atoms with Crippen LogP contribution in [0.25, 0.3) is 0 Å². The van der Waals surface area contributed by atoms with Crippen LogP contribution in [-0.2, 0) is 26.2 Å². The summed E-state index contributed by atoms with van der Waals surface area (Å²) in [4.78, 5) is 0. The molecule has 0 spiro atoms. The summed E-state index contributed by atoms with van der Waals surface area (Å²) >= 11 is 3.70. The highest BCUT2D eigenvalue weighted by molar-refractivity contribution is 7.64. The van der Waals surface area contributed by atoms with E-state index >= 15 is 0 Å². The van der Waals surface area contributed by atoms with E-state index in [-0.39, 0.29) is 0 Å². The molecule has 21 heavy (non-hydrogen) atoms. The van der Waals surface area contributed by atoms with Crippen LogP contribution in [0, 0.1) is 10.7 Å². The van der Waals surface area contributed by atoms with E-state index in [1.165, 1.54) is 76.2 Å². The van der Waals surface area contributed by atoms with Gasteiger partial charge in [0.15, 0.2) is 0 Å². The second kappa shape index (κ2) is 15.3. The molecule has 0 aromatic carbocycles. The molecule has 0 atom stereocenters. The van der Waals surface area contributed by atoms with Gasteiger partial charge in [0.1, 0.15) is 12.4 Å². The second-order valence-corrected chi connectivity index (χ2v) is 5.77. The van der Waals surface area contributed by atoms with Crippen molar-refractivity contribution >= 4 is 12.6 Å². The molecule has 0 N–H and O–H groups in total. The minimum atomic E-state index is 1.18. The zero-order valence-corrected chi connectivity index (χ0v) is 14.6. The zero-order valence-electron chi connectivity index (χ0n) is 13.8. The highest BCUT2D eigenvalue weighted by Crippen LogP contribution is 2.10. The summed E-state index contributed by atoms with van der Waals surface area (Å²) in [6.45, 7) is 3.46. The van der Waals surface area contributed by atoms with Gasteiger partial charge in [-0.3, -0.25) is 0 Å². The summed E-state index contributed by atoms with van der Waals surface area (Å²) in [7, 11) is 2.08. The van der Waals surface area contributed by atoms with E-state index < -0.39 is 0 Å². The largest absolute Gasteiger partial charge is 0.696 e. The number of hydrogen-bond acceptors (Lipinski definition) is 2. The van der Waals surface area contributed by atoms with Crippen LogP contribution in [-0.4, -0.2) is 4.57 Å². The highest BCUT2D eigenvalue weighted by Gasteiger charge is 1.99. The maximum atomic E-state index is 7.13. The molecule has 0 saturated carbocycles. The van der Waals surface area contributed by atoms with Gasteiger partial charge in [-0.05, 0) is 12.8 Å². The Balaban J connectivity index is 0.00000122. The van der Waals surface area contributed by atoms with Crippen LogP contribution in [0.15, 0.2) is 18.7 Å². The number of imidazole rings is 1. The number of nitrogens with zero attached hydrogens (tertiary/aromatic N) is 3. The van der Waals surface area contributed by atoms with Crippen LogP contribution in [0.1, 0.15) is 71.1 Å². The fourth-order valence-electron chi connectivity index (χ4n) is 2.42. The summed E-state index contributed by atoms with van der Waals surface area (Å²) in [5, 5.41) is 8.47. The summed E-state index contributed by atoms with van der Waals surface area (Å²) in [5.41, 5.74) is 0. The van der Waals surface area contributed by atoms with Gasteiger partial charge in [0.05, 0.1) is 13.6 Å². The van der Waals surface area contributed by atoms with Crippen molar-refractivity contribution in [1.29, 1.82) is 5.26 Å². The molecule has 120 valence electrons. The van der Waals surface area contributed by atoms with Gasteiger partial charge in [-0.25, -0.2) is 14.4 Å². The van der Waals surface area contributed by atoms with Crippen molar-refractivity contribution in [2.24, 2.45) is 7.05 Å². The molecule has 0 bridgehead atoms. The second-order valence-electron chi connectivity index (χ2n) is 5.59. The standard InChI is InChI=1S/C16H31N2.CHNS/c1-3-4-5-6-7-8-9-10-11-12-13-18-15-14-17(2)16-18;2-1-3/h14-16H,3-13H2,1-2H3;3H/q+1;/p-1. The summed E-state index contributed by atoms with van der Waals surface area (Å²) in [5.74, 6) is 0. The Kier molecular flexibility index (Phi) is 14.5. The molecule has 4 heteroatoms. The van der Waals surface area contributed by atoms with E-state index in [2.05, 4.69) is 54.5 Å². The van der Waals surface area contributed by atoms with Gasteiger partial charge in [0, 0.05) is 0 Å². The molecule has 0 saturated heterocycles. The van der Waals surface area contributed by atoms with Crippen LogP contribution in [0.3, 0.4) is 0 Å². The molecule has 0 aliphatic heterocycles. The number of aryl methyl sites for hydroxylation is 2. The Morgan fingerprint density at radius 1 is 1.00 bits per heavy atom. The quantitative estimate of drug-likeness (QED) is 0.265. The average Bonchev–Trinajstić information content (AvgIpc) is 2.87. The van der Waals surface area contributed by atoms with Gasteiger partial charge >= 0.3 is 0 Å². The lowest BCUT2D eigenvalue weighted by molar-refractivity contribution is -0.696. The van der Waals surface area contributed by atoms with E-state index in [1.54, 1.807) is 0 Å². The van der Waals surface area contributed by atoms with Crippen LogP contribution in [0.4, 0.5) is 0 Å². The van der Waals surface area contributed by atoms with E-state index in [0.717, 1.165) is 0 Å². The minimum absolute atomic E-state index is 1.18. The lowest BCUT2D eigenvalue weighted by Gasteiger charge is -2.01. The van der Waals surface area contributed by atoms with Crippen LogP contribution in [0.2, 0.25) is 0 Å². The molecule has 0 fully saturated rings. The van der Waals surface area contributed by atoms with Crippen molar-refractivity contribution in [3.63, 3.8) is 0 Å². The number of unbranched alkanes of at least 4 members (excludes halogenated alkanes) is 9. The summed E-state index contributed by atoms with van der Waals surface area (Å²) < 4.78 is 4.39. The smallest absolute Gasteiger partial charge is 0.243 e. The van der Waals surface area contributed by atoms with Gasteiger partial charge in [0.25, 0.3) is 0 Å². The van der Waals surface area contributed by atoms with Crippen LogP contribution >= 0.6 is 0 Å². The molecule has 0 radical (unpaired) electrons. The fourth-order valence-corrected chi connectivity index (χ4v) is 2.42. The van der Waals surface area contributed by atoms with Gasteiger partial charge < -0.3 is 12.6 Å². The van der Waals surface area contributed by atoms with E-state index in [0.29, 0.717) is 0 Å². The van der Waals surface area contributed by atoms with E-state index in [1.807, 2.05) is 0 Å². The molecule has 1 aromatic rings. The molecule has 3 nitrogen and oxygen atoms in total. The number of thiocyanates is 1. The number of nitriles is 1. The minimum Gasteiger partial charge on any atom is -0.696 e. The number of hydrogen-bond donors (Lipinski definition) is 0. The average molecular weight is 310 g/mol. The first-order chi connectivity index (χ1) is 10.2. The molecule has 0 amide bonds. The molecule has 1 heterocycles. The molecule has 0 unspecified atom stereocenters. The first-order valence-electron chi connectivity index (χ1n) is 8.26. The fraction of sp³-hybridized carbons (Fsp3) is 0.765. The normalized spacial score (nSPS) is 9.76. The number of rotatable bonds is 11. The van der Waals surface area contributed by atoms with Crippen LogP contribution < -0.4 is 4.57 Å². The van der Waals surface area contributed by atoms with E-state index in [9.17, 15) is 0 Å². The first kappa shape index (κ1) is 19.9. The topological polar surface area (TPSA) is 32.6 Å². The molecule has 1 rings (SSSR count). The van der Waals surface area contributed by atoms with Gasteiger partial charge in [-0.1, -0.05) is 63.7 Å². The Bertz CT molecular complexity index is 368. The molecular weight excluding hydrogens is 278 g/mol. The third-order valence-electron chi connectivity index (χ3n) is 3.59.